The Kier molecular flexibility index (Phi) is 5.74. The van der Waals surface area contributed by atoms with Crippen LogP contribution in [0.25, 0.3) is 0 Å². The molecule has 0 fully saturated rings. The highest BCUT2D eigenvalue weighted by molar-refractivity contribution is 5.93. The molecule has 1 aromatic carbocycles. The van der Waals surface area contributed by atoms with Crippen molar-refractivity contribution in [3.05, 3.63) is 59.4 Å². The molecule has 0 bridgehead atoms. The molecule has 2 aromatic rings. The summed E-state index contributed by atoms with van der Waals surface area (Å²) in [7, 11) is 0. The maximum absolute atomic E-state index is 12.8. The monoisotopic (exact) mass is 352 g/mol. The minimum atomic E-state index is -4.60. The molecular weight excluding hydrogens is 337 g/mol. The number of hydrogen-bond acceptors (Lipinski definition) is 4. The summed E-state index contributed by atoms with van der Waals surface area (Å²) in [6, 6.07) is 7.98. The molecular formula is C17H15F3N2O3. The number of halogens is 3. The number of nitrogens with one attached hydrogen (secondary N) is 1. The normalized spacial score (nSPS) is 11.0. The van der Waals surface area contributed by atoms with Gasteiger partial charge in [0.05, 0.1) is 17.7 Å². The molecule has 0 saturated carbocycles. The molecule has 0 radical (unpaired) electrons. The lowest BCUT2D eigenvalue weighted by Crippen LogP contribution is -2.23. The topological polar surface area (TPSA) is 68.3 Å². The van der Waals surface area contributed by atoms with Crippen molar-refractivity contribution in [1.82, 2.24) is 4.98 Å². The molecule has 0 spiro atoms. The van der Waals surface area contributed by atoms with Gasteiger partial charge in [-0.15, -0.1) is 0 Å². The van der Waals surface area contributed by atoms with E-state index in [1.807, 2.05) is 0 Å². The molecule has 1 aromatic heterocycles. The van der Waals surface area contributed by atoms with Gasteiger partial charge < -0.3 is 10.1 Å². The molecule has 0 aliphatic heterocycles. The van der Waals surface area contributed by atoms with Gasteiger partial charge in [-0.3, -0.25) is 14.6 Å². The molecule has 0 saturated heterocycles. The molecule has 0 aliphatic rings. The molecule has 1 N–H and O–H groups in total. The molecule has 5 nitrogen and oxygen atoms in total. The summed E-state index contributed by atoms with van der Waals surface area (Å²) >= 11 is 0. The lowest BCUT2D eigenvalue weighted by Gasteiger charge is -2.13. The number of nitrogens with zero attached hydrogens (tertiary/aromatic N) is 1. The van der Waals surface area contributed by atoms with Crippen LogP contribution in [-0.2, 0) is 26.9 Å². The number of rotatable bonds is 5. The van der Waals surface area contributed by atoms with Gasteiger partial charge in [0, 0.05) is 11.9 Å². The lowest BCUT2D eigenvalue weighted by molar-refractivity contribution is -0.146. The largest absolute Gasteiger partial charge is 0.455 e. The van der Waals surface area contributed by atoms with E-state index >= 15 is 0 Å². The van der Waals surface area contributed by atoms with Crippen molar-refractivity contribution in [2.75, 3.05) is 11.9 Å². The third-order valence-electron chi connectivity index (χ3n) is 3.19. The highest BCUT2D eigenvalue weighted by Crippen LogP contribution is 2.34. The molecule has 1 amide bonds. The van der Waals surface area contributed by atoms with Crippen molar-refractivity contribution in [3.8, 4) is 0 Å². The average Bonchev–Trinajstić information content (AvgIpc) is 2.55. The Bertz CT molecular complexity index is 758. The van der Waals surface area contributed by atoms with Crippen LogP contribution >= 0.6 is 0 Å². The van der Waals surface area contributed by atoms with Gasteiger partial charge in [-0.2, -0.15) is 13.2 Å². The van der Waals surface area contributed by atoms with Gasteiger partial charge in [0.25, 0.3) is 5.91 Å². The summed E-state index contributed by atoms with van der Waals surface area (Å²) in [5, 5.41) is 2.10. The second-order valence-electron chi connectivity index (χ2n) is 5.24. The number of ether oxygens (including phenoxy) is 1. The molecule has 0 atom stereocenters. The maximum Gasteiger partial charge on any atom is 0.418 e. The van der Waals surface area contributed by atoms with Crippen LogP contribution in [0.15, 0.2) is 42.6 Å². The summed E-state index contributed by atoms with van der Waals surface area (Å²) in [6.45, 7) is 1.12. The van der Waals surface area contributed by atoms with E-state index in [1.165, 1.54) is 18.3 Å². The van der Waals surface area contributed by atoms with E-state index in [-0.39, 0.29) is 6.42 Å². The predicted molar refractivity (Wildman–Crippen MR) is 83.7 cm³/mol. The van der Waals surface area contributed by atoms with Gasteiger partial charge in [0.1, 0.15) is 0 Å². The fourth-order valence-electron chi connectivity index (χ4n) is 1.99. The Morgan fingerprint density at radius 2 is 1.88 bits per heavy atom. The summed E-state index contributed by atoms with van der Waals surface area (Å²) < 4.78 is 43.3. The van der Waals surface area contributed by atoms with Crippen molar-refractivity contribution in [2.24, 2.45) is 0 Å². The first-order valence-corrected chi connectivity index (χ1v) is 7.29. The number of carbonyl (C=O) groups excluding carboxylic acids is 2. The zero-order valence-electron chi connectivity index (χ0n) is 13.3. The Hall–Kier alpha value is -2.90. The van der Waals surface area contributed by atoms with Gasteiger partial charge in [-0.1, -0.05) is 18.2 Å². The number of benzene rings is 1. The number of hydrogen-bond donors (Lipinski definition) is 1. The molecule has 2 rings (SSSR count). The van der Waals surface area contributed by atoms with Crippen molar-refractivity contribution in [2.45, 2.75) is 19.5 Å². The fraction of sp³-hybridized carbons (Fsp3) is 0.235. The molecule has 0 aliphatic carbocycles. The number of pyridine rings is 1. The fourth-order valence-corrected chi connectivity index (χ4v) is 1.99. The molecule has 25 heavy (non-hydrogen) atoms. The van der Waals surface area contributed by atoms with E-state index < -0.39 is 35.9 Å². The van der Waals surface area contributed by atoms with Crippen LogP contribution in [0.2, 0.25) is 0 Å². The average molecular weight is 352 g/mol. The van der Waals surface area contributed by atoms with Gasteiger partial charge in [-0.05, 0) is 30.7 Å². The van der Waals surface area contributed by atoms with E-state index in [0.717, 1.165) is 17.8 Å². The van der Waals surface area contributed by atoms with Gasteiger partial charge >= 0.3 is 12.1 Å². The number of anilines is 1. The van der Waals surface area contributed by atoms with Crippen molar-refractivity contribution in [1.29, 1.82) is 0 Å². The first-order chi connectivity index (χ1) is 11.8. The second-order valence-corrected chi connectivity index (χ2v) is 5.24. The molecule has 1 heterocycles. The van der Waals surface area contributed by atoms with Gasteiger partial charge in [-0.25, -0.2) is 0 Å². The molecule has 0 unspecified atom stereocenters. The van der Waals surface area contributed by atoms with Crippen LogP contribution in [-0.4, -0.2) is 23.5 Å². The zero-order valence-corrected chi connectivity index (χ0v) is 13.3. The Labute approximate surface area is 141 Å². The highest BCUT2D eigenvalue weighted by Gasteiger charge is 2.33. The molecule has 132 valence electrons. The van der Waals surface area contributed by atoms with Crippen molar-refractivity contribution < 1.29 is 27.5 Å². The standard InChI is InChI=1S/C17H15F3N2O3/c1-11-6-7-12(9-21-11)8-16(24)25-10-15(23)22-14-5-3-2-4-13(14)17(18,19)20/h2-7,9H,8,10H2,1H3,(H,22,23). The van der Waals surface area contributed by atoms with Crippen LogP contribution in [0, 0.1) is 6.92 Å². The van der Waals surface area contributed by atoms with Crippen molar-refractivity contribution in [3.63, 3.8) is 0 Å². The van der Waals surface area contributed by atoms with Crippen LogP contribution in [0.5, 0.6) is 0 Å². The van der Waals surface area contributed by atoms with E-state index in [1.54, 1.807) is 19.1 Å². The summed E-state index contributed by atoms with van der Waals surface area (Å²) in [4.78, 5) is 27.4. The lowest BCUT2D eigenvalue weighted by atomic mass is 10.1. The number of esters is 1. The van der Waals surface area contributed by atoms with Crippen LogP contribution in [0.1, 0.15) is 16.8 Å². The van der Waals surface area contributed by atoms with E-state index in [9.17, 15) is 22.8 Å². The number of carbonyl (C=O) groups is 2. The SMILES string of the molecule is Cc1ccc(CC(=O)OCC(=O)Nc2ccccc2C(F)(F)F)cn1. The number of aryl methyl sites for hydroxylation is 1. The summed E-state index contributed by atoms with van der Waals surface area (Å²) in [5.74, 6) is -1.53. The number of aromatic nitrogens is 1. The minimum Gasteiger partial charge on any atom is -0.455 e. The highest BCUT2D eigenvalue weighted by atomic mass is 19.4. The van der Waals surface area contributed by atoms with Gasteiger partial charge in [0.2, 0.25) is 0 Å². The smallest absolute Gasteiger partial charge is 0.418 e. The second kappa shape index (κ2) is 7.78. The minimum absolute atomic E-state index is 0.0836. The first-order valence-electron chi connectivity index (χ1n) is 7.29. The van der Waals surface area contributed by atoms with Crippen LogP contribution in [0.3, 0.4) is 0 Å². The third kappa shape index (κ3) is 5.59. The summed E-state index contributed by atoms with van der Waals surface area (Å²) in [6.07, 6.45) is -3.17. The third-order valence-corrected chi connectivity index (χ3v) is 3.19. The van der Waals surface area contributed by atoms with E-state index in [4.69, 9.17) is 4.74 Å². The Balaban J connectivity index is 1.89. The quantitative estimate of drug-likeness (QED) is 0.840. The number of alkyl halides is 3. The number of para-hydroxylation sites is 1. The predicted octanol–water partition coefficient (Wildman–Crippen LogP) is 3.13. The molecule has 8 heteroatoms. The zero-order chi connectivity index (χ0) is 18.4. The van der Waals surface area contributed by atoms with E-state index in [0.29, 0.717) is 5.56 Å². The van der Waals surface area contributed by atoms with Crippen molar-refractivity contribution >= 4 is 17.6 Å². The van der Waals surface area contributed by atoms with Crippen LogP contribution in [0.4, 0.5) is 18.9 Å². The Morgan fingerprint density at radius 3 is 2.52 bits per heavy atom. The Morgan fingerprint density at radius 1 is 1.16 bits per heavy atom. The van der Waals surface area contributed by atoms with Crippen LogP contribution < -0.4 is 5.32 Å². The maximum atomic E-state index is 12.8. The number of amides is 1. The first kappa shape index (κ1) is 18.4. The van der Waals surface area contributed by atoms with E-state index in [2.05, 4.69) is 10.3 Å². The summed E-state index contributed by atoms with van der Waals surface area (Å²) in [5.41, 5.74) is 0.0393. The van der Waals surface area contributed by atoms with Gasteiger partial charge in [0.15, 0.2) is 6.61 Å².